The number of nitrogens with zero attached hydrogens (tertiary/aromatic N) is 2. The van der Waals surface area contributed by atoms with Gasteiger partial charge in [0.25, 0.3) is 10.2 Å². The highest BCUT2D eigenvalue weighted by Gasteiger charge is 2.15. The van der Waals surface area contributed by atoms with E-state index >= 15 is 0 Å². The molecule has 0 bridgehead atoms. The SMILES string of the molecule is CON=C(CNS(=O)(=O)N(C)C)c1ccc(Cl)cc1. The Morgan fingerprint density at radius 3 is 2.42 bits per heavy atom. The van der Waals surface area contributed by atoms with Crippen LogP contribution in [0.2, 0.25) is 5.02 Å². The third-order valence-electron chi connectivity index (χ3n) is 2.28. The zero-order chi connectivity index (χ0) is 14.5. The molecule has 19 heavy (non-hydrogen) atoms. The summed E-state index contributed by atoms with van der Waals surface area (Å²) in [6.45, 7) is 0.0238. The Morgan fingerprint density at radius 2 is 1.95 bits per heavy atom. The maximum Gasteiger partial charge on any atom is 0.279 e. The summed E-state index contributed by atoms with van der Waals surface area (Å²) in [5.74, 6) is 0. The summed E-state index contributed by atoms with van der Waals surface area (Å²) in [4.78, 5) is 4.72. The lowest BCUT2D eigenvalue weighted by molar-refractivity contribution is 0.213. The molecule has 0 aliphatic rings. The number of halogens is 1. The van der Waals surface area contributed by atoms with Gasteiger partial charge in [-0.2, -0.15) is 17.4 Å². The fourth-order valence-corrected chi connectivity index (χ4v) is 1.93. The van der Waals surface area contributed by atoms with Gasteiger partial charge in [0.2, 0.25) is 0 Å². The molecule has 0 saturated heterocycles. The van der Waals surface area contributed by atoms with Gasteiger partial charge in [0.15, 0.2) is 0 Å². The van der Waals surface area contributed by atoms with Crippen LogP contribution in [-0.2, 0) is 15.0 Å². The van der Waals surface area contributed by atoms with E-state index in [0.717, 1.165) is 9.87 Å². The summed E-state index contributed by atoms with van der Waals surface area (Å²) in [6, 6.07) is 6.87. The Hall–Kier alpha value is -1.15. The van der Waals surface area contributed by atoms with Crippen LogP contribution in [0.15, 0.2) is 29.4 Å². The van der Waals surface area contributed by atoms with Crippen molar-refractivity contribution in [1.29, 1.82) is 0 Å². The van der Waals surface area contributed by atoms with E-state index in [4.69, 9.17) is 16.4 Å². The quantitative estimate of drug-likeness (QED) is 0.631. The molecule has 0 unspecified atom stereocenters. The maximum absolute atomic E-state index is 11.6. The highest BCUT2D eigenvalue weighted by molar-refractivity contribution is 7.87. The standard InChI is InChI=1S/C11H16ClN3O3S/c1-15(2)19(16,17)13-8-11(14-18-3)9-4-6-10(12)7-5-9/h4-7,13H,8H2,1-3H3. The molecule has 0 spiro atoms. The van der Waals surface area contributed by atoms with Gasteiger partial charge in [0.05, 0.1) is 6.54 Å². The number of hydrogen-bond acceptors (Lipinski definition) is 4. The molecule has 0 saturated carbocycles. The first-order valence-electron chi connectivity index (χ1n) is 5.40. The van der Waals surface area contributed by atoms with E-state index in [0.29, 0.717) is 10.7 Å². The highest BCUT2D eigenvalue weighted by Crippen LogP contribution is 2.10. The van der Waals surface area contributed by atoms with Crippen molar-refractivity contribution in [2.45, 2.75) is 0 Å². The summed E-state index contributed by atoms with van der Waals surface area (Å²) in [6.07, 6.45) is 0. The molecule has 106 valence electrons. The molecule has 0 fully saturated rings. The van der Waals surface area contributed by atoms with E-state index in [1.54, 1.807) is 24.3 Å². The van der Waals surface area contributed by atoms with Gasteiger partial charge in [-0.05, 0) is 12.1 Å². The van der Waals surface area contributed by atoms with Crippen LogP contribution >= 0.6 is 11.6 Å². The van der Waals surface area contributed by atoms with Gasteiger partial charge in [-0.3, -0.25) is 0 Å². The Morgan fingerprint density at radius 1 is 1.37 bits per heavy atom. The van der Waals surface area contributed by atoms with Crippen LogP contribution in [0.4, 0.5) is 0 Å². The van der Waals surface area contributed by atoms with E-state index in [1.165, 1.54) is 21.2 Å². The Bertz CT molecular complexity index is 541. The monoisotopic (exact) mass is 305 g/mol. The van der Waals surface area contributed by atoms with Gasteiger partial charge >= 0.3 is 0 Å². The van der Waals surface area contributed by atoms with E-state index in [2.05, 4.69) is 9.88 Å². The molecule has 0 aliphatic carbocycles. The topological polar surface area (TPSA) is 71.0 Å². The van der Waals surface area contributed by atoms with E-state index in [-0.39, 0.29) is 6.54 Å². The highest BCUT2D eigenvalue weighted by atomic mass is 35.5. The first-order valence-corrected chi connectivity index (χ1v) is 7.21. The van der Waals surface area contributed by atoms with Crippen LogP contribution in [0, 0.1) is 0 Å². The van der Waals surface area contributed by atoms with Gasteiger partial charge < -0.3 is 4.84 Å². The number of hydrogen-bond donors (Lipinski definition) is 1. The minimum atomic E-state index is -3.51. The molecule has 0 heterocycles. The predicted molar refractivity (Wildman–Crippen MR) is 75.6 cm³/mol. The van der Waals surface area contributed by atoms with Crippen molar-refractivity contribution in [2.75, 3.05) is 27.7 Å². The molecule has 1 aromatic carbocycles. The van der Waals surface area contributed by atoms with Crippen LogP contribution in [-0.4, -0.2) is 46.2 Å². The second-order valence-corrected chi connectivity index (χ2v) is 6.24. The summed E-state index contributed by atoms with van der Waals surface area (Å²) in [7, 11) is 0.777. The van der Waals surface area contributed by atoms with Crippen LogP contribution < -0.4 is 4.72 Å². The van der Waals surface area contributed by atoms with Crippen molar-refractivity contribution in [3.8, 4) is 0 Å². The Labute approximate surface area is 118 Å². The van der Waals surface area contributed by atoms with Gasteiger partial charge in [-0.15, -0.1) is 0 Å². The molecule has 1 N–H and O–H groups in total. The molecule has 8 heteroatoms. The fraction of sp³-hybridized carbons (Fsp3) is 0.364. The Kier molecular flexibility index (Phi) is 5.74. The normalized spacial score (nSPS) is 12.8. The molecule has 0 atom stereocenters. The van der Waals surface area contributed by atoms with Crippen LogP contribution in [0.5, 0.6) is 0 Å². The summed E-state index contributed by atoms with van der Waals surface area (Å²) in [5.41, 5.74) is 1.19. The number of nitrogens with one attached hydrogen (secondary N) is 1. The minimum Gasteiger partial charge on any atom is -0.399 e. The van der Waals surface area contributed by atoms with Gasteiger partial charge in [-0.1, -0.05) is 28.9 Å². The molecule has 0 aromatic heterocycles. The lowest BCUT2D eigenvalue weighted by atomic mass is 10.1. The predicted octanol–water partition coefficient (Wildman–Crippen LogP) is 1.09. The second kappa shape index (κ2) is 6.85. The summed E-state index contributed by atoms with van der Waals surface area (Å²) in [5, 5.41) is 4.41. The molecule has 6 nitrogen and oxygen atoms in total. The third-order valence-corrected chi connectivity index (χ3v) is 4.00. The number of benzene rings is 1. The molecule has 1 aromatic rings. The number of rotatable bonds is 6. The average molecular weight is 306 g/mol. The molecule has 0 amide bonds. The minimum absolute atomic E-state index is 0.0238. The zero-order valence-electron chi connectivity index (χ0n) is 10.9. The Balaban J connectivity index is 2.86. The average Bonchev–Trinajstić information content (AvgIpc) is 2.35. The van der Waals surface area contributed by atoms with E-state index in [1.807, 2.05) is 0 Å². The van der Waals surface area contributed by atoms with Crippen molar-refractivity contribution >= 4 is 27.5 Å². The molecule has 0 radical (unpaired) electrons. The number of oxime groups is 1. The zero-order valence-corrected chi connectivity index (χ0v) is 12.5. The van der Waals surface area contributed by atoms with Crippen molar-refractivity contribution in [2.24, 2.45) is 5.16 Å². The van der Waals surface area contributed by atoms with Crippen molar-refractivity contribution in [1.82, 2.24) is 9.03 Å². The lowest BCUT2D eigenvalue weighted by Crippen LogP contribution is -2.38. The largest absolute Gasteiger partial charge is 0.399 e. The third kappa shape index (κ3) is 4.79. The van der Waals surface area contributed by atoms with E-state index < -0.39 is 10.2 Å². The second-order valence-electron chi connectivity index (χ2n) is 3.84. The summed E-state index contributed by atoms with van der Waals surface area (Å²) < 4.78 is 26.7. The van der Waals surface area contributed by atoms with Crippen LogP contribution in [0.25, 0.3) is 0 Å². The smallest absolute Gasteiger partial charge is 0.279 e. The van der Waals surface area contributed by atoms with Gasteiger partial charge in [0.1, 0.15) is 12.8 Å². The maximum atomic E-state index is 11.6. The first-order chi connectivity index (χ1) is 8.86. The van der Waals surface area contributed by atoms with Crippen LogP contribution in [0.3, 0.4) is 0 Å². The van der Waals surface area contributed by atoms with Gasteiger partial charge in [-0.25, -0.2) is 0 Å². The molecule has 1 rings (SSSR count). The summed E-state index contributed by atoms with van der Waals surface area (Å²) >= 11 is 5.80. The van der Waals surface area contributed by atoms with Gasteiger partial charge in [0, 0.05) is 24.7 Å². The van der Waals surface area contributed by atoms with E-state index in [9.17, 15) is 8.42 Å². The van der Waals surface area contributed by atoms with Crippen LogP contribution in [0.1, 0.15) is 5.56 Å². The fourth-order valence-electron chi connectivity index (χ4n) is 1.23. The van der Waals surface area contributed by atoms with Crippen molar-refractivity contribution in [3.05, 3.63) is 34.9 Å². The molecular formula is C11H16ClN3O3S. The van der Waals surface area contributed by atoms with Crippen molar-refractivity contribution < 1.29 is 13.3 Å². The first kappa shape index (κ1) is 15.9. The lowest BCUT2D eigenvalue weighted by Gasteiger charge is -2.13. The molecule has 0 aliphatic heterocycles. The van der Waals surface area contributed by atoms with Crippen molar-refractivity contribution in [3.63, 3.8) is 0 Å². The molecular weight excluding hydrogens is 290 g/mol.